The number of pyridine rings is 1. The molecule has 11 heteroatoms. The van der Waals surface area contributed by atoms with Gasteiger partial charge in [0.1, 0.15) is 0 Å². The number of halogens is 3. The molecule has 0 atom stereocenters. The van der Waals surface area contributed by atoms with Crippen molar-refractivity contribution in [2.75, 3.05) is 6.61 Å². The second-order valence-electron chi connectivity index (χ2n) is 5.36. The summed E-state index contributed by atoms with van der Waals surface area (Å²) in [5.74, 6) is -0.187. The first-order chi connectivity index (χ1) is 12.8. The molecule has 0 fully saturated rings. The lowest BCUT2D eigenvalue weighted by atomic mass is 10.2. The van der Waals surface area contributed by atoms with Crippen LogP contribution in [0.5, 0.6) is 11.9 Å². The second-order valence-corrected chi connectivity index (χ2v) is 6.94. The average Bonchev–Trinajstić information content (AvgIpc) is 2.63. The third kappa shape index (κ3) is 5.15. The van der Waals surface area contributed by atoms with Gasteiger partial charge in [-0.05, 0) is 12.1 Å². The van der Waals surface area contributed by atoms with E-state index in [-0.39, 0.29) is 24.0 Å². The van der Waals surface area contributed by atoms with Crippen LogP contribution >= 0.6 is 22.6 Å². The third-order valence-electron chi connectivity index (χ3n) is 3.34. The van der Waals surface area contributed by atoms with Gasteiger partial charge in [0.15, 0.2) is 6.61 Å². The van der Waals surface area contributed by atoms with Crippen molar-refractivity contribution in [3.05, 3.63) is 58.8 Å². The molecule has 8 nitrogen and oxygen atoms in total. The van der Waals surface area contributed by atoms with Crippen LogP contribution in [0.15, 0.2) is 47.7 Å². The minimum atomic E-state index is -3.02. The Labute approximate surface area is 165 Å². The zero-order chi connectivity index (χ0) is 19.4. The first-order valence-electron chi connectivity index (χ1n) is 7.55. The molecule has 0 aliphatic heterocycles. The Hall–Kier alpha value is -2.70. The van der Waals surface area contributed by atoms with Crippen molar-refractivity contribution in [2.24, 2.45) is 0 Å². The van der Waals surface area contributed by atoms with Crippen molar-refractivity contribution >= 4 is 22.6 Å². The van der Waals surface area contributed by atoms with Gasteiger partial charge in [-0.1, -0.05) is 6.07 Å². The molecule has 3 aromatic rings. The van der Waals surface area contributed by atoms with Crippen LogP contribution in [-0.4, -0.2) is 40.4 Å². The molecule has 0 aromatic carbocycles. The molecule has 0 amide bonds. The smallest absolute Gasteiger partial charge is 0.329 e. The van der Waals surface area contributed by atoms with Crippen LogP contribution in [0.3, 0.4) is 0 Å². The monoisotopic (exact) mass is 487 g/mol. The Morgan fingerprint density at radius 3 is 2.59 bits per heavy atom. The minimum Gasteiger partial charge on any atom is -0.493 e. The van der Waals surface area contributed by atoms with Gasteiger partial charge in [-0.2, -0.15) is 13.9 Å². The summed E-state index contributed by atoms with van der Waals surface area (Å²) in [4.78, 5) is 23.5. The Balaban J connectivity index is 1.81. The van der Waals surface area contributed by atoms with Crippen molar-refractivity contribution in [3.8, 4) is 23.1 Å². The van der Waals surface area contributed by atoms with E-state index >= 15 is 0 Å². The fraction of sp³-hybridized carbons (Fsp3) is 0.188. The maximum absolute atomic E-state index is 12.8. The summed E-state index contributed by atoms with van der Waals surface area (Å²) in [5.41, 5.74) is 0.924. The molecule has 3 heterocycles. The van der Waals surface area contributed by atoms with Gasteiger partial charge in [-0.15, -0.1) is 0 Å². The quantitative estimate of drug-likeness (QED) is 0.421. The van der Waals surface area contributed by atoms with Crippen LogP contribution in [0.25, 0.3) is 11.3 Å². The van der Waals surface area contributed by atoms with E-state index in [0.717, 1.165) is 27.3 Å². The lowest BCUT2D eigenvalue weighted by Gasteiger charge is -2.10. The highest BCUT2D eigenvalue weighted by Crippen LogP contribution is 2.23. The molecule has 0 spiro atoms. The number of hydrogen-bond acceptors (Lipinski definition) is 7. The summed E-state index contributed by atoms with van der Waals surface area (Å²) in [5, 5.41) is 14.0. The van der Waals surface area contributed by atoms with Crippen LogP contribution < -0.4 is 10.3 Å². The number of hydrogen-bond donors (Lipinski definition) is 1. The van der Waals surface area contributed by atoms with E-state index in [1.54, 1.807) is 12.1 Å². The molecule has 0 aliphatic carbocycles. The third-order valence-corrected chi connectivity index (χ3v) is 3.65. The molecule has 0 radical (unpaired) electrons. The summed E-state index contributed by atoms with van der Waals surface area (Å²) >= 11 is 0.959. The number of nitrogens with zero attached hydrogens (tertiary/aromatic N) is 5. The summed E-state index contributed by atoms with van der Waals surface area (Å²) in [6, 6.07) is 5.87. The number of rotatable bonds is 6. The summed E-state index contributed by atoms with van der Waals surface area (Å²) < 4.78 is 28.5. The Morgan fingerprint density at radius 2 is 1.93 bits per heavy atom. The molecular weight excluding hydrogens is 475 g/mol. The van der Waals surface area contributed by atoms with Gasteiger partial charge in [-0.25, -0.2) is 19.6 Å². The van der Waals surface area contributed by atoms with Crippen molar-refractivity contribution in [3.63, 3.8) is 0 Å². The zero-order valence-electron chi connectivity index (χ0n) is 13.6. The van der Waals surface area contributed by atoms with Crippen LogP contribution in [0.2, 0.25) is 0 Å². The van der Waals surface area contributed by atoms with Gasteiger partial charge >= 0.3 is 9.94 Å². The standard InChI is InChI=1S/C16H12F2IN5O3/c17-16(18,19)9-27-15-21-6-11(7-22-15)12-3-4-13(25)24(23-12)8-10-2-1-5-20-14(10)26/h1-7H,8-9H2,(H,20,26). The van der Waals surface area contributed by atoms with E-state index in [0.29, 0.717) is 16.8 Å². The molecule has 3 aromatic heterocycles. The molecular formula is C16H12F2IN5O3. The Bertz CT molecular complexity index is 992. The van der Waals surface area contributed by atoms with Crippen molar-refractivity contribution in [2.45, 2.75) is 10.5 Å². The van der Waals surface area contributed by atoms with Crippen LogP contribution in [0.1, 0.15) is 5.56 Å². The first kappa shape index (κ1) is 19.1. The molecule has 0 saturated heterocycles. The molecule has 0 unspecified atom stereocenters. The van der Waals surface area contributed by atoms with E-state index in [1.165, 1.54) is 30.7 Å². The van der Waals surface area contributed by atoms with Gasteiger partial charge < -0.3 is 9.84 Å². The highest BCUT2D eigenvalue weighted by Gasteiger charge is 2.25. The van der Waals surface area contributed by atoms with Crippen molar-refractivity contribution in [1.29, 1.82) is 0 Å². The largest absolute Gasteiger partial charge is 0.493 e. The zero-order valence-corrected chi connectivity index (χ0v) is 15.7. The highest BCUT2D eigenvalue weighted by atomic mass is 127. The second kappa shape index (κ2) is 7.90. The van der Waals surface area contributed by atoms with E-state index in [9.17, 15) is 18.7 Å². The van der Waals surface area contributed by atoms with E-state index in [4.69, 9.17) is 4.74 Å². The lowest BCUT2D eigenvalue weighted by Crippen LogP contribution is -2.23. The van der Waals surface area contributed by atoms with E-state index in [1.807, 2.05) is 0 Å². The summed E-state index contributed by atoms with van der Waals surface area (Å²) in [6.07, 6.45) is 4.14. The van der Waals surface area contributed by atoms with Gasteiger partial charge in [0.2, 0.25) is 5.88 Å². The van der Waals surface area contributed by atoms with Crippen molar-refractivity contribution in [1.82, 2.24) is 24.7 Å². The molecule has 0 bridgehead atoms. The predicted octanol–water partition coefficient (Wildman–Crippen LogP) is 2.26. The van der Waals surface area contributed by atoms with E-state index in [2.05, 4.69) is 20.1 Å². The van der Waals surface area contributed by atoms with Gasteiger partial charge in [0.25, 0.3) is 5.56 Å². The lowest BCUT2D eigenvalue weighted by molar-refractivity contribution is 0.0603. The van der Waals surface area contributed by atoms with Crippen LogP contribution in [0, 0.1) is 0 Å². The normalized spacial score (nSPS) is 11.4. The highest BCUT2D eigenvalue weighted by molar-refractivity contribution is 14.1. The Kier molecular flexibility index (Phi) is 5.58. The fourth-order valence-corrected chi connectivity index (χ4v) is 2.26. The SMILES string of the molecule is O=c1ccc(-c2cnc(OCC(F)(F)I)nc2)nn1Cc1cccnc1O. The molecule has 0 aliphatic rings. The summed E-state index contributed by atoms with van der Waals surface area (Å²) in [6.45, 7) is -0.816. The fourth-order valence-electron chi connectivity index (χ4n) is 2.10. The van der Waals surface area contributed by atoms with Crippen molar-refractivity contribution < 1.29 is 18.6 Å². The number of ether oxygens (including phenoxy) is 1. The molecule has 140 valence electrons. The maximum atomic E-state index is 12.8. The van der Waals surface area contributed by atoms with Gasteiger partial charge in [0, 0.05) is 58.4 Å². The average molecular weight is 487 g/mol. The number of aromatic nitrogens is 5. The number of aromatic hydroxyl groups is 1. The van der Waals surface area contributed by atoms with Gasteiger partial charge in [-0.3, -0.25) is 4.79 Å². The van der Waals surface area contributed by atoms with E-state index < -0.39 is 10.5 Å². The van der Waals surface area contributed by atoms with Crippen LogP contribution in [-0.2, 0) is 6.54 Å². The Morgan fingerprint density at radius 1 is 1.19 bits per heavy atom. The molecule has 3 rings (SSSR count). The van der Waals surface area contributed by atoms with Gasteiger partial charge in [0.05, 0.1) is 12.2 Å². The predicted molar refractivity (Wildman–Crippen MR) is 99.0 cm³/mol. The number of alkyl halides is 3. The minimum absolute atomic E-state index is 0.0269. The molecule has 1 N–H and O–H groups in total. The molecule has 0 saturated carbocycles. The molecule has 27 heavy (non-hydrogen) atoms. The van der Waals surface area contributed by atoms with Crippen LogP contribution in [0.4, 0.5) is 8.78 Å². The maximum Gasteiger partial charge on any atom is 0.329 e. The first-order valence-corrected chi connectivity index (χ1v) is 8.63. The topological polar surface area (TPSA) is 103 Å². The summed E-state index contributed by atoms with van der Waals surface area (Å²) in [7, 11) is 0.